The van der Waals surface area contributed by atoms with Crippen LogP contribution in [0.5, 0.6) is 5.75 Å². The lowest BCUT2D eigenvalue weighted by Gasteiger charge is -2.19. The van der Waals surface area contributed by atoms with Gasteiger partial charge in [-0.1, -0.05) is 18.2 Å². The molecule has 0 saturated carbocycles. The van der Waals surface area contributed by atoms with Crippen molar-refractivity contribution in [3.8, 4) is 5.75 Å². The SMILES string of the molecule is CC(C)Oc1ccccc1C(N)c1cc(F)cc(F)c1. The molecule has 20 heavy (non-hydrogen) atoms. The predicted molar refractivity (Wildman–Crippen MR) is 74.6 cm³/mol. The maximum Gasteiger partial charge on any atom is 0.126 e. The van der Waals surface area contributed by atoms with E-state index in [0.29, 0.717) is 16.9 Å². The fourth-order valence-corrected chi connectivity index (χ4v) is 2.03. The molecule has 2 nitrogen and oxygen atoms in total. The number of para-hydroxylation sites is 1. The van der Waals surface area contributed by atoms with E-state index < -0.39 is 17.7 Å². The Morgan fingerprint density at radius 3 is 2.20 bits per heavy atom. The molecule has 1 atom stereocenters. The van der Waals surface area contributed by atoms with E-state index in [2.05, 4.69) is 0 Å². The number of benzene rings is 2. The predicted octanol–water partition coefficient (Wildman–Crippen LogP) is 3.80. The minimum Gasteiger partial charge on any atom is -0.491 e. The van der Waals surface area contributed by atoms with Crippen LogP contribution in [0.1, 0.15) is 31.0 Å². The molecule has 0 amide bonds. The van der Waals surface area contributed by atoms with E-state index in [1.165, 1.54) is 12.1 Å². The Labute approximate surface area is 117 Å². The van der Waals surface area contributed by atoms with Crippen LogP contribution in [0, 0.1) is 11.6 Å². The van der Waals surface area contributed by atoms with Gasteiger partial charge >= 0.3 is 0 Å². The molecule has 0 radical (unpaired) electrons. The van der Waals surface area contributed by atoms with Crippen LogP contribution in [0.4, 0.5) is 8.78 Å². The average Bonchev–Trinajstić information content (AvgIpc) is 2.36. The molecule has 0 fully saturated rings. The first kappa shape index (κ1) is 14.5. The van der Waals surface area contributed by atoms with Crippen molar-refractivity contribution >= 4 is 0 Å². The van der Waals surface area contributed by atoms with Gasteiger partial charge in [0.25, 0.3) is 0 Å². The van der Waals surface area contributed by atoms with Gasteiger partial charge in [0.1, 0.15) is 17.4 Å². The monoisotopic (exact) mass is 277 g/mol. The van der Waals surface area contributed by atoms with Crippen molar-refractivity contribution in [3.05, 3.63) is 65.2 Å². The highest BCUT2D eigenvalue weighted by Gasteiger charge is 2.16. The third-order valence-electron chi connectivity index (χ3n) is 2.86. The number of hydrogen-bond donors (Lipinski definition) is 1. The fraction of sp³-hybridized carbons (Fsp3) is 0.250. The third kappa shape index (κ3) is 3.33. The number of nitrogens with two attached hydrogens (primary N) is 1. The van der Waals surface area contributed by atoms with Crippen LogP contribution >= 0.6 is 0 Å². The summed E-state index contributed by atoms with van der Waals surface area (Å²) in [6.07, 6.45) is -0.00686. The summed E-state index contributed by atoms with van der Waals surface area (Å²) in [5.74, 6) is -0.657. The fourth-order valence-electron chi connectivity index (χ4n) is 2.03. The zero-order valence-corrected chi connectivity index (χ0v) is 11.4. The van der Waals surface area contributed by atoms with Gasteiger partial charge < -0.3 is 10.5 Å². The van der Waals surface area contributed by atoms with Gasteiger partial charge in [-0.3, -0.25) is 0 Å². The van der Waals surface area contributed by atoms with E-state index in [0.717, 1.165) is 6.07 Å². The summed E-state index contributed by atoms with van der Waals surface area (Å²) < 4.78 is 32.3. The second-order valence-corrected chi connectivity index (χ2v) is 4.88. The summed E-state index contributed by atoms with van der Waals surface area (Å²) in [5.41, 5.74) is 7.19. The molecule has 0 spiro atoms. The molecule has 4 heteroatoms. The highest BCUT2D eigenvalue weighted by atomic mass is 19.1. The van der Waals surface area contributed by atoms with E-state index in [-0.39, 0.29) is 6.10 Å². The number of hydrogen-bond acceptors (Lipinski definition) is 2. The average molecular weight is 277 g/mol. The molecule has 0 saturated heterocycles. The summed E-state index contributed by atoms with van der Waals surface area (Å²) in [7, 11) is 0. The second kappa shape index (κ2) is 6.01. The maximum atomic E-state index is 13.3. The molecule has 2 aromatic rings. The van der Waals surface area contributed by atoms with Crippen LogP contribution in [0.3, 0.4) is 0 Å². The van der Waals surface area contributed by atoms with Crippen molar-refractivity contribution in [2.75, 3.05) is 0 Å². The first-order valence-corrected chi connectivity index (χ1v) is 6.44. The Bertz CT molecular complexity index is 579. The van der Waals surface area contributed by atoms with Gasteiger partial charge in [0.05, 0.1) is 12.1 Å². The highest BCUT2D eigenvalue weighted by molar-refractivity contribution is 5.41. The molecule has 2 rings (SSSR count). The van der Waals surface area contributed by atoms with Crippen LogP contribution in [-0.4, -0.2) is 6.10 Å². The minimum absolute atomic E-state index is 0.00686. The van der Waals surface area contributed by atoms with E-state index in [1.54, 1.807) is 12.1 Å². The summed E-state index contributed by atoms with van der Waals surface area (Å²) in [6.45, 7) is 3.81. The molecule has 2 aromatic carbocycles. The normalized spacial score (nSPS) is 12.5. The Kier molecular flexibility index (Phi) is 4.35. The van der Waals surface area contributed by atoms with Gasteiger partial charge in [0, 0.05) is 11.6 Å². The number of ether oxygens (including phenoxy) is 1. The Morgan fingerprint density at radius 2 is 1.60 bits per heavy atom. The number of halogens is 2. The van der Waals surface area contributed by atoms with E-state index in [9.17, 15) is 8.78 Å². The van der Waals surface area contributed by atoms with Gasteiger partial charge in [0.2, 0.25) is 0 Å². The lowest BCUT2D eigenvalue weighted by molar-refractivity contribution is 0.239. The van der Waals surface area contributed by atoms with Crippen molar-refractivity contribution < 1.29 is 13.5 Å². The topological polar surface area (TPSA) is 35.2 Å². The third-order valence-corrected chi connectivity index (χ3v) is 2.86. The zero-order valence-electron chi connectivity index (χ0n) is 11.4. The van der Waals surface area contributed by atoms with Crippen molar-refractivity contribution in [2.24, 2.45) is 5.73 Å². The maximum absolute atomic E-state index is 13.3. The van der Waals surface area contributed by atoms with Gasteiger partial charge in [-0.05, 0) is 37.6 Å². The van der Waals surface area contributed by atoms with Crippen molar-refractivity contribution in [1.82, 2.24) is 0 Å². The molecular formula is C16H17F2NO. The van der Waals surface area contributed by atoms with Gasteiger partial charge in [0.15, 0.2) is 0 Å². The standard InChI is InChI=1S/C16H17F2NO/c1-10(2)20-15-6-4-3-5-14(15)16(19)11-7-12(17)9-13(18)8-11/h3-10,16H,19H2,1-2H3. The van der Waals surface area contributed by atoms with Crippen molar-refractivity contribution in [3.63, 3.8) is 0 Å². The van der Waals surface area contributed by atoms with Gasteiger partial charge in [-0.15, -0.1) is 0 Å². The summed E-state index contributed by atoms with van der Waals surface area (Å²) >= 11 is 0. The van der Waals surface area contributed by atoms with Crippen LogP contribution in [-0.2, 0) is 0 Å². The molecule has 0 bridgehead atoms. The largest absolute Gasteiger partial charge is 0.491 e. The Balaban J connectivity index is 2.39. The number of rotatable bonds is 4. The molecule has 0 aliphatic rings. The molecule has 1 unspecified atom stereocenters. The molecule has 0 aromatic heterocycles. The molecule has 0 aliphatic heterocycles. The molecule has 2 N–H and O–H groups in total. The van der Waals surface area contributed by atoms with E-state index in [1.807, 2.05) is 26.0 Å². The van der Waals surface area contributed by atoms with Crippen LogP contribution in [0.2, 0.25) is 0 Å². The first-order chi connectivity index (χ1) is 9.47. The zero-order chi connectivity index (χ0) is 14.7. The van der Waals surface area contributed by atoms with E-state index in [4.69, 9.17) is 10.5 Å². The molecule has 0 aliphatic carbocycles. The first-order valence-electron chi connectivity index (χ1n) is 6.44. The van der Waals surface area contributed by atoms with Crippen LogP contribution < -0.4 is 10.5 Å². The van der Waals surface area contributed by atoms with Crippen molar-refractivity contribution in [1.29, 1.82) is 0 Å². The Hall–Kier alpha value is -1.94. The highest BCUT2D eigenvalue weighted by Crippen LogP contribution is 2.29. The summed E-state index contributed by atoms with van der Waals surface area (Å²) in [6, 6.07) is 9.90. The molecule has 106 valence electrons. The quantitative estimate of drug-likeness (QED) is 0.922. The lowest BCUT2D eigenvalue weighted by Crippen LogP contribution is -2.16. The van der Waals surface area contributed by atoms with Crippen LogP contribution in [0.25, 0.3) is 0 Å². The Morgan fingerprint density at radius 1 is 1.00 bits per heavy atom. The molecular weight excluding hydrogens is 260 g/mol. The smallest absolute Gasteiger partial charge is 0.126 e. The van der Waals surface area contributed by atoms with Gasteiger partial charge in [-0.25, -0.2) is 8.78 Å². The van der Waals surface area contributed by atoms with E-state index >= 15 is 0 Å². The summed E-state index contributed by atoms with van der Waals surface area (Å²) in [5, 5.41) is 0. The molecule has 0 heterocycles. The van der Waals surface area contributed by atoms with Crippen molar-refractivity contribution in [2.45, 2.75) is 26.0 Å². The lowest BCUT2D eigenvalue weighted by atomic mass is 9.98. The summed E-state index contributed by atoms with van der Waals surface area (Å²) in [4.78, 5) is 0. The minimum atomic E-state index is -0.643. The van der Waals surface area contributed by atoms with Crippen LogP contribution in [0.15, 0.2) is 42.5 Å². The van der Waals surface area contributed by atoms with Gasteiger partial charge in [-0.2, -0.15) is 0 Å². The second-order valence-electron chi connectivity index (χ2n) is 4.88.